The zero-order valence-electron chi connectivity index (χ0n) is 20.1. The Kier molecular flexibility index (Phi) is 6.86. The van der Waals surface area contributed by atoms with E-state index in [1.165, 1.54) is 0 Å². The van der Waals surface area contributed by atoms with Gasteiger partial charge in [-0.3, -0.25) is 19.6 Å². The molecule has 2 amide bonds. The summed E-state index contributed by atoms with van der Waals surface area (Å²) in [7, 11) is 0. The van der Waals surface area contributed by atoms with Gasteiger partial charge in [-0.25, -0.2) is 4.98 Å². The molecule has 0 radical (unpaired) electrons. The van der Waals surface area contributed by atoms with Crippen molar-refractivity contribution in [3.05, 3.63) is 65.7 Å². The molecule has 0 spiro atoms. The number of aromatic nitrogens is 3. The molecule has 1 atom stereocenters. The van der Waals surface area contributed by atoms with Gasteiger partial charge >= 0.3 is 0 Å². The number of carbonyl (C=O) groups excluding carboxylic acids is 2. The molecule has 0 unspecified atom stereocenters. The molecule has 8 heteroatoms. The number of piperazine rings is 1. The van der Waals surface area contributed by atoms with Gasteiger partial charge in [-0.05, 0) is 56.2 Å². The van der Waals surface area contributed by atoms with Gasteiger partial charge in [-0.1, -0.05) is 6.07 Å². The zero-order valence-corrected chi connectivity index (χ0v) is 20.1. The standard InChI is InChI=1S/C26H30N6O2/c1-17-11-21(14-29-26(17)22-7-8-27-18(2)12-22)13-25(34)30-23-5-6-24(28-15-23)31-9-10-32(20(4)33)19(3)16-31/h5-8,11-12,14-15,19H,9-10,13,16H2,1-4H3,(H,30,34)/t19-/m0/s1. The van der Waals surface area contributed by atoms with E-state index in [2.05, 4.69) is 25.2 Å². The summed E-state index contributed by atoms with van der Waals surface area (Å²) in [5.41, 5.74) is 5.37. The van der Waals surface area contributed by atoms with Crippen LogP contribution in [0.3, 0.4) is 0 Å². The lowest BCUT2D eigenvalue weighted by atomic mass is 10.0. The average molecular weight is 459 g/mol. The Morgan fingerprint density at radius 2 is 1.88 bits per heavy atom. The fourth-order valence-corrected chi connectivity index (χ4v) is 4.40. The van der Waals surface area contributed by atoms with E-state index in [1.807, 2.05) is 56.0 Å². The molecule has 176 valence electrons. The van der Waals surface area contributed by atoms with Gasteiger partial charge in [0.25, 0.3) is 0 Å². The average Bonchev–Trinajstić information content (AvgIpc) is 2.79. The van der Waals surface area contributed by atoms with Crippen molar-refractivity contribution in [2.75, 3.05) is 29.9 Å². The van der Waals surface area contributed by atoms with Crippen LogP contribution < -0.4 is 10.2 Å². The van der Waals surface area contributed by atoms with E-state index >= 15 is 0 Å². The Bertz CT molecular complexity index is 1190. The SMILES string of the molecule is CC(=O)N1CCN(c2ccc(NC(=O)Cc3cnc(-c4ccnc(C)c4)c(C)c3)cn2)C[C@@H]1C. The van der Waals surface area contributed by atoms with Crippen molar-refractivity contribution in [3.63, 3.8) is 0 Å². The molecule has 3 aromatic heterocycles. The Hall–Kier alpha value is -3.81. The van der Waals surface area contributed by atoms with E-state index in [0.717, 1.165) is 47.0 Å². The van der Waals surface area contributed by atoms with Crippen molar-refractivity contribution < 1.29 is 9.59 Å². The molecule has 3 aromatic rings. The third-order valence-electron chi connectivity index (χ3n) is 6.06. The number of rotatable bonds is 5. The second-order valence-corrected chi connectivity index (χ2v) is 8.83. The Labute approximate surface area is 200 Å². The van der Waals surface area contributed by atoms with Crippen LogP contribution >= 0.6 is 0 Å². The lowest BCUT2D eigenvalue weighted by Gasteiger charge is -2.40. The van der Waals surface area contributed by atoms with Crippen molar-refractivity contribution in [1.29, 1.82) is 0 Å². The predicted octanol–water partition coefficient (Wildman–Crippen LogP) is 3.39. The second-order valence-electron chi connectivity index (χ2n) is 8.83. The quantitative estimate of drug-likeness (QED) is 0.630. The van der Waals surface area contributed by atoms with E-state index in [1.54, 1.807) is 25.5 Å². The summed E-state index contributed by atoms with van der Waals surface area (Å²) in [4.78, 5) is 41.7. The van der Waals surface area contributed by atoms with Crippen molar-refractivity contribution >= 4 is 23.3 Å². The number of pyridine rings is 3. The lowest BCUT2D eigenvalue weighted by Crippen LogP contribution is -2.53. The number of hydrogen-bond donors (Lipinski definition) is 1. The second kappa shape index (κ2) is 9.99. The first-order valence-electron chi connectivity index (χ1n) is 11.5. The number of anilines is 2. The highest BCUT2D eigenvalue weighted by Gasteiger charge is 2.25. The van der Waals surface area contributed by atoms with E-state index in [-0.39, 0.29) is 24.3 Å². The van der Waals surface area contributed by atoms with Gasteiger partial charge < -0.3 is 15.1 Å². The van der Waals surface area contributed by atoms with Crippen molar-refractivity contribution in [2.24, 2.45) is 0 Å². The molecule has 4 heterocycles. The summed E-state index contributed by atoms with van der Waals surface area (Å²) < 4.78 is 0. The first-order valence-corrected chi connectivity index (χ1v) is 11.5. The lowest BCUT2D eigenvalue weighted by molar-refractivity contribution is -0.131. The molecule has 1 saturated heterocycles. The number of amides is 2. The van der Waals surface area contributed by atoms with Gasteiger partial charge in [-0.15, -0.1) is 0 Å². The maximum atomic E-state index is 12.6. The van der Waals surface area contributed by atoms with Crippen LogP contribution in [0.4, 0.5) is 11.5 Å². The van der Waals surface area contributed by atoms with Gasteiger partial charge in [0.1, 0.15) is 5.82 Å². The topological polar surface area (TPSA) is 91.3 Å². The van der Waals surface area contributed by atoms with Crippen molar-refractivity contribution in [3.8, 4) is 11.3 Å². The van der Waals surface area contributed by atoms with Gasteiger partial charge in [-0.2, -0.15) is 0 Å². The largest absolute Gasteiger partial charge is 0.353 e. The third kappa shape index (κ3) is 5.39. The highest BCUT2D eigenvalue weighted by atomic mass is 16.2. The number of carbonyl (C=O) groups is 2. The molecule has 1 aliphatic heterocycles. The van der Waals surface area contributed by atoms with Gasteiger partial charge in [0.2, 0.25) is 11.8 Å². The maximum absolute atomic E-state index is 12.6. The monoisotopic (exact) mass is 458 g/mol. The highest BCUT2D eigenvalue weighted by Crippen LogP contribution is 2.22. The van der Waals surface area contributed by atoms with E-state index in [4.69, 9.17) is 0 Å². The normalized spacial score (nSPS) is 15.8. The number of aryl methyl sites for hydroxylation is 2. The van der Waals surface area contributed by atoms with Crippen LogP contribution in [0, 0.1) is 13.8 Å². The first-order chi connectivity index (χ1) is 16.3. The minimum atomic E-state index is -0.119. The summed E-state index contributed by atoms with van der Waals surface area (Å²) in [6.07, 6.45) is 5.43. The van der Waals surface area contributed by atoms with Crippen LogP contribution in [-0.2, 0) is 16.0 Å². The summed E-state index contributed by atoms with van der Waals surface area (Å²) >= 11 is 0. The van der Waals surface area contributed by atoms with Gasteiger partial charge in [0.05, 0.1) is 24.0 Å². The fraction of sp³-hybridized carbons (Fsp3) is 0.346. The third-order valence-corrected chi connectivity index (χ3v) is 6.06. The fourth-order valence-electron chi connectivity index (χ4n) is 4.40. The predicted molar refractivity (Wildman–Crippen MR) is 133 cm³/mol. The minimum absolute atomic E-state index is 0.102. The molecule has 8 nitrogen and oxygen atoms in total. The molecular formula is C26H30N6O2. The molecule has 0 bridgehead atoms. The zero-order chi connectivity index (χ0) is 24.2. The van der Waals surface area contributed by atoms with Crippen LogP contribution in [0.25, 0.3) is 11.3 Å². The number of hydrogen-bond acceptors (Lipinski definition) is 6. The van der Waals surface area contributed by atoms with E-state index in [0.29, 0.717) is 12.2 Å². The first kappa shape index (κ1) is 23.4. The van der Waals surface area contributed by atoms with Crippen LogP contribution in [-0.4, -0.2) is 57.3 Å². The van der Waals surface area contributed by atoms with E-state index < -0.39 is 0 Å². The van der Waals surface area contributed by atoms with Crippen molar-refractivity contribution in [1.82, 2.24) is 19.9 Å². The Balaban J connectivity index is 1.35. The summed E-state index contributed by atoms with van der Waals surface area (Å²) in [6, 6.07) is 9.85. The summed E-state index contributed by atoms with van der Waals surface area (Å²) in [5, 5.41) is 2.92. The molecule has 0 aromatic carbocycles. The Morgan fingerprint density at radius 1 is 1.06 bits per heavy atom. The molecule has 1 fully saturated rings. The van der Waals surface area contributed by atoms with Crippen LogP contribution in [0.15, 0.2) is 48.9 Å². The maximum Gasteiger partial charge on any atom is 0.228 e. The van der Waals surface area contributed by atoms with Gasteiger partial charge in [0, 0.05) is 56.3 Å². The van der Waals surface area contributed by atoms with Crippen molar-refractivity contribution in [2.45, 2.75) is 40.2 Å². The van der Waals surface area contributed by atoms with Crippen LogP contribution in [0.5, 0.6) is 0 Å². The highest BCUT2D eigenvalue weighted by molar-refractivity contribution is 5.92. The molecule has 0 aliphatic carbocycles. The molecule has 1 aliphatic rings. The molecule has 34 heavy (non-hydrogen) atoms. The van der Waals surface area contributed by atoms with Gasteiger partial charge in [0.15, 0.2) is 0 Å². The Morgan fingerprint density at radius 3 is 2.53 bits per heavy atom. The van der Waals surface area contributed by atoms with E-state index in [9.17, 15) is 9.59 Å². The number of nitrogens with one attached hydrogen (secondary N) is 1. The van der Waals surface area contributed by atoms with Crippen LogP contribution in [0.2, 0.25) is 0 Å². The molecule has 4 rings (SSSR count). The molecule has 1 N–H and O–H groups in total. The number of nitrogens with zero attached hydrogens (tertiary/aromatic N) is 5. The smallest absolute Gasteiger partial charge is 0.228 e. The molecular weight excluding hydrogens is 428 g/mol. The summed E-state index contributed by atoms with van der Waals surface area (Å²) in [6.45, 7) is 9.76. The molecule has 0 saturated carbocycles. The minimum Gasteiger partial charge on any atom is -0.353 e. The van der Waals surface area contributed by atoms with Crippen LogP contribution in [0.1, 0.15) is 30.7 Å². The summed E-state index contributed by atoms with van der Waals surface area (Å²) in [5.74, 6) is 0.826.